The Balaban J connectivity index is 4.41. The summed E-state index contributed by atoms with van der Waals surface area (Å²) in [6.07, 6.45) is 2.39. The van der Waals surface area contributed by atoms with Gasteiger partial charge in [0, 0.05) is 11.3 Å². The summed E-state index contributed by atoms with van der Waals surface area (Å²) >= 11 is 0. The van der Waals surface area contributed by atoms with Crippen molar-refractivity contribution >= 4 is 7.14 Å². The first-order valence-corrected chi connectivity index (χ1v) is 5.83. The van der Waals surface area contributed by atoms with Crippen LogP contribution in [0.5, 0.6) is 0 Å². The highest BCUT2D eigenvalue weighted by atomic mass is 31.2. The van der Waals surface area contributed by atoms with Crippen molar-refractivity contribution < 1.29 is 4.57 Å². The minimum absolute atomic E-state index is 0.0683. The summed E-state index contributed by atoms with van der Waals surface area (Å²) in [5, 5.41) is -0.0683. The summed E-state index contributed by atoms with van der Waals surface area (Å²) < 4.78 is 11.8. The maximum atomic E-state index is 11.8. The second-order valence-electron chi connectivity index (χ2n) is 3.74. The van der Waals surface area contributed by atoms with E-state index in [-0.39, 0.29) is 5.16 Å². The molecule has 0 spiro atoms. The van der Waals surface area contributed by atoms with E-state index in [0.717, 1.165) is 0 Å². The molecule has 0 aromatic carbocycles. The van der Waals surface area contributed by atoms with Crippen LogP contribution in [0.2, 0.25) is 0 Å². The average molecular weight is 160 g/mol. The molecule has 0 aliphatic carbocycles. The molecule has 0 aliphatic heterocycles. The lowest BCUT2D eigenvalue weighted by molar-refractivity contribution is 0.555. The van der Waals surface area contributed by atoms with Crippen LogP contribution >= 0.6 is 7.14 Å². The molecule has 2 heteroatoms. The van der Waals surface area contributed by atoms with Crippen molar-refractivity contribution in [2.45, 2.75) is 25.9 Å². The highest BCUT2D eigenvalue weighted by molar-refractivity contribution is 7.64. The summed E-state index contributed by atoms with van der Waals surface area (Å²) in [4.78, 5) is 0. The van der Waals surface area contributed by atoms with Gasteiger partial charge in [-0.25, -0.2) is 0 Å². The zero-order valence-corrected chi connectivity index (χ0v) is 8.24. The monoisotopic (exact) mass is 160 g/mol. The van der Waals surface area contributed by atoms with Crippen LogP contribution in [0.4, 0.5) is 0 Å². The van der Waals surface area contributed by atoms with E-state index in [0.29, 0.717) is 6.16 Å². The number of hydrogen-bond acceptors (Lipinski definition) is 1. The van der Waals surface area contributed by atoms with Crippen LogP contribution in [0.25, 0.3) is 0 Å². The second kappa shape index (κ2) is 2.92. The highest BCUT2D eigenvalue weighted by Gasteiger charge is 2.29. The number of hydrogen-bond donors (Lipinski definition) is 0. The van der Waals surface area contributed by atoms with Gasteiger partial charge in [-0.2, -0.15) is 0 Å². The van der Waals surface area contributed by atoms with E-state index in [1.165, 1.54) is 0 Å². The Morgan fingerprint density at radius 3 is 2.00 bits per heavy atom. The predicted molar refractivity (Wildman–Crippen MR) is 48.3 cm³/mol. The maximum Gasteiger partial charge on any atom is 0.0934 e. The van der Waals surface area contributed by atoms with Crippen LogP contribution in [-0.4, -0.2) is 18.0 Å². The molecule has 0 bridgehead atoms. The molecule has 0 saturated heterocycles. The first-order valence-electron chi connectivity index (χ1n) is 3.49. The van der Waals surface area contributed by atoms with E-state index in [2.05, 4.69) is 6.58 Å². The van der Waals surface area contributed by atoms with Crippen LogP contribution in [-0.2, 0) is 4.57 Å². The molecule has 1 unspecified atom stereocenters. The largest absolute Gasteiger partial charge is 0.323 e. The first kappa shape index (κ1) is 9.97. The Morgan fingerprint density at radius 1 is 1.50 bits per heavy atom. The van der Waals surface area contributed by atoms with Gasteiger partial charge in [0.2, 0.25) is 0 Å². The molecular weight excluding hydrogens is 143 g/mol. The van der Waals surface area contributed by atoms with Gasteiger partial charge < -0.3 is 4.57 Å². The van der Waals surface area contributed by atoms with E-state index < -0.39 is 7.14 Å². The fourth-order valence-electron chi connectivity index (χ4n) is 0.520. The summed E-state index contributed by atoms with van der Waals surface area (Å²) in [5.41, 5.74) is 0. The van der Waals surface area contributed by atoms with Crippen LogP contribution in [0, 0.1) is 0 Å². The summed E-state index contributed by atoms with van der Waals surface area (Å²) in [7, 11) is -1.99. The van der Waals surface area contributed by atoms with Gasteiger partial charge in [-0.3, -0.25) is 0 Å². The van der Waals surface area contributed by atoms with E-state index in [4.69, 9.17) is 0 Å². The Hall–Kier alpha value is -0.0300. The zero-order chi connectivity index (χ0) is 8.41. The lowest BCUT2D eigenvalue weighted by Gasteiger charge is -2.26. The fraction of sp³-hybridized carbons (Fsp3) is 0.750. The molecule has 0 aliphatic rings. The van der Waals surface area contributed by atoms with Gasteiger partial charge >= 0.3 is 0 Å². The van der Waals surface area contributed by atoms with Crippen LogP contribution in [0.1, 0.15) is 20.8 Å². The number of rotatable bonds is 2. The zero-order valence-electron chi connectivity index (χ0n) is 7.35. The minimum atomic E-state index is -1.99. The van der Waals surface area contributed by atoms with E-state index in [1.807, 2.05) is 27.4 Å². The Kier molecular flexibility index (Phi) is 2.91. The van der Waals surface area contributed by atoms with Crippen LogP contribution in [0.15, 0.2) is 12.7 Å². The third-order valence-corrected chi connectivity index (χ3v) is 5.69. The molecule has 0 aromatic rings. The molecule has 10 heavy (non-hydrogen) atoms. The predicted octanol–water partition coefficient (Wildman–Crippen LogP) is 2.96. The highest BCUT2D eigenvalue weighted by Crippen LogP contribution is 2.53. The smallest absolute Gasteiger partial charge is 0.0934 e. The van der Waals surface area contributed by atoms with Crippen molar-refractivity contribution in [2.75, 3.05) is 12.8 Å². The Morgan fingerprint density at radius 2 is 1.90 bits per heavy atom. The van der Waals surface area contributed by atoms with Crippen molar-refractivity contribution in [1.82, 2.24) is 0 Å². The Bertz CT molecular complexity index is 165. The molecule has 0 radical (unpaired) electrons. The van der Waals surface area contributed by atoms with E-state index in [1.54, 1.807) is 6.08 Å². The fourth-order valence-corrected chi connectivity index (χ4v) is 1.56. The number of allylic oxidation sites excluding steroid dienone is 1. The van der Waals surface area contributed by atoms with Gasteiger partial charge in [-0.1, -0.05) is 26.8 Å². The first-order chi connectivity index (χ1) is 4.31. The third kappa shape index (κ3) is 2.30. The molecule has 0 fully saturated rings. The van der Waals surface area contributed by atoms with Gasteiger partial charge in [0.25, 0.3) is 0 Å². The molecule has 0 saturated carbocycles. The van der Waals surface area contributed by atoms with Gasteiger partial charge in [-0.05, 0) is 6.66 Å². The molecule has 0 amide bonds. The molecule has 0 heterocycles. The molecule has 1 nitrogen and oxygen atoms in total. The maximum absolute atomic E-state index is 11.8. The summed E-state index contributed by atoms with van der Waals surface area (Å²) in [6, 6.07) is 0. The van der Waals surface area contributed by atoms with Crippen LogP contribution < -0.4 is 0 Å². The molecule has 60 valence electrons. The minimum Gasteiger partial charge on any atom is -0.323 e. The third-order valence-electron chi connectivity index (χ3n) is 1.90. The van der Waals surface area contributed by atoms with Crippen molar-refractivity contribution in [1.29, 1.82) is 0 Å². The van der Waals surface area contributed by atoms with Crippen molar-refractivity contribution in [3.8, 4) is 0 Å². The van der Waals surface area contributed by atoms with E-state index >= 15 is 0 Å². The topological polar surface area (TPSA) is 17.1 Å². The van der Waals surface area contributed by atoms with Gasteiger partial charge in [0.1, 0.15) is 0 Å². The Labute approximate surface area is 63.9 Å². The van der Waals surface area contributed by atoms with E-state index in [9.17, 15) is 4.57 Å². The lowest BCUT2D eigenvalue weighted by Crippen LogP contribution is -2.15. The van der Waals surface area contributed by atoms with Crippen molar-refractivity contribution in [3.05, 3.63) is 12.7 Å². The lowest BCUT2D eigenvalue weighted by atomic mass is 10.3. The molecule has 1 atom stereocenters. The van der Waals surface area contributed by atoms with Gasteiger partial charge in [-0.15, -0.1) is 6.58 Å². The normalized spacial score (nSPS) is 18.0. The van der Waals surface area contributed by atoms with Crippen molar-refractivity contribution in [2.24, 2.45) is 0 Å². The average Bonchev–Trinajstić information content (AvgIpc) is 1.61. The standard InChI is InChI=1S/C8H17OP/c1-6-7-10(5,9)8(2,3)4/h6H,1,7H2,2-5H3. The summed E-state index contributed by atoms with van der Waals surface area (Å²) in [5.74, 6) is 0. The quantitative estimate of drug-likeness (QED) is 0.448. The van der Waals surface area contributed by atoms with Crippen LogP contribution in [0.3, 0.4) is 0 Å². The second-order valence-corrected chi connectivity index (χ2v) is 7.65. The SMILES string of the molecule is C=CCP(C)(=O)C(C)(C)C. The van der Waals surface area contributed by atoms with Gasteiger partial charge in [0.05, 0.1) is 7.14 Å². The van der Waals surface area contributed by atoms with Gasteiger partial charge in [0.15, 0.2) is 0 Å². The summed E-state index contributed by atoms with van der Waals surface area (Å²) in [6.45, 7) is 11.5. The van der Waals surface area contributed by atoms with Crippen molar-refractivity contribution in [3.63, 3.8) is 0 Å². The molecule has 0 rings (SSSR count). The molecular formula is C8H17OP. The molecule has 0 aromatic heterocycles. The molecule has 0 N–H and O–H groups in total.